The number of fused-ring (bicyclic) bond motifs is 3. The summed E-state index contributed by atoms with van der Waals surface area (Å²) in [5.41, 5.74) is 8.33. The number of carbonyl (C=O) groups is 1. The molecular formula is C29H32FN3O. The van der Waals surface area contributed by atoms with Crippen molar-refractivity contribution in [3.63, 3.8) is 0 Å². The van der Waals surface area contributed by atoms with Gasteiger partial charge in [0.1, 0.15) is 6.29 Å². The van der Waals surface area contributed by atoms with Gasteiger partial charge in [0.25, 0.3) is 0 Å². The highest BCUT2D eigenvalue weighted by Gasteiger charge is 2.33. The fraction of sp³-hybridized carbons (Fsp3) is 0.448. The van der Waals surface area contributed by atoms with Gasteiger partial charge in [-0.3, -0.25) is 5.10 Å². The first-order valence-corrected chi connectivity index (χ1v) is 12.8. The molecular weight excluding hydrogens is 425 g/mol. The van der Waals surface area contributed by atoms with E-state index in [1.165, 1.54) is 40.8 Å². The molecule has 34 heavy (non-hydrogen) atoms. The Morgan fingerprint density at radius 3 is 2.53 bits per heavy atom. The van der Waals surface area contributed by atoms with Gasteiger partial charge in [-0.25, -0.2) is 0 Å². The normalized spacial score (nSPS) is 20.4. The van der Waals surface area contributed by atoms with Gasteiger partial charge in [-0.05, 0) is 97.2 Å². The van der Waals surface area contributed by atoms with Crippen LogP contribution in [0.5, 0.6) is 0 Å². The molecule has 0 bridgehead atoms. The maximum atomic E-state index is 14.7. The lowest BCUT2D eigenvalue weighted by molar-refractivity contribution is -0.111. The molecule has 0 radical (unpaired) electrons. The predicted octanol–water partition coefficient (Wildman–Crippen LogP) is 6.30. The van der Waals surface area contributed by atoms with Crippen LogP contribution < -0.4 is 4.90 Å². The molecule has 6 rings (SSSR count). The number of halogens is 1. The van der Waals surface area contributed by atoms with Gasteiger partial charge < -0.3 is 9.69 Å². The first-order chi connectivity index (χ1) is 16.6. The summed E-state index contributed by atoms with van der Waals surface area (Å²) in [6.45, 7) is 4.24. The van der Waals surface area contributed by atoms with Crippen LogP contribution in [0, 0.1) is 23.7 Å². The number of rotatable bonds is 5. The van der Waals surface area contributed by atoms with Gasteiger partial charge in [0, 0.05) is 24.7 Å². The second-order valence-corrected chi connectivity index (χ2v) is 10.4. The molecule has 1 atom stereocenters. The third-order valence-electron chi connectivity index (χ3n) is 8.39. The molecule has 3 aromatic rings. The molecule has 1 saturated carbocycles. The summed E-state index contributed by atoms with van der Waals surface area (Å²) in [5, 5.41) is 7.38. The van der Waals surface area contributed by atoms with Gasteiger partial charge in [0.15, 0.2) is 0 Å². The second kappa shape index (κ2) is 8.68. The summed E-state index contributed by atoms with van der Waals surface area (Å²) < 4.78 is 14.7. The maximum Gasteiger partial charge on any atom is 0.240 e. The zero-order valence-electron chi connectivity index (χ0n) is 19.8. The van der Waals surface area contributed by atoms with E-state index in [0.29, 0.717) is 11.3 Å². The van der Waals surface area contributed by atoms with Gasteiger partial charge >= 0.3 is 0 Å². The van der Waals surface area contributed by atoms with Crippen molar-refractivity contribution < 1.29 is 9.18 Å². The van der Waals surface area contributed by atoms with Crippen molar-refractivity contribution in [1.82, 2.24) is 10.2 Å². The van der Waals surface area contributed by atoms with Crippen LogP contribution in [0.25, 0.3) is 16.5 Å². The Bertz CT molecular complexity index is 1250. The maximum absolute atomic E-state index is 14.7. The molecule has 2 fully saturated rings. The highest BCUT2D eigenvalue weighted by Crippen LogP contribution is 2.47. The van der Waals surface area contributed by atoms with Crippen molar-refractivity contribution in [2.45, 2.75) is 51.9 Å². The van der Waals surface area contributed by atoms with Crippen LogP contribution in [0.3, 0.4) is 0 Å². The minimum atomic E-state index is -0.390. The van der Waals surface area contributed by atoms with Crippen LogP contribution in [0.1, 0.15) is 62.1 Å². The second-order valence-electron chi connectivity index (χ2n) is 10.4. The van der Waals surface area contributed by atoms with E-state index in [2.05, 4.69) is 52.4 Å². The van der Waals surface area contributed by atoms with E-state index in [-0.39, 0.29) is 11.9 Å². The minimum absolute atomic E-state index is 0.204. The molecule has 5 heteroatoms. The van der Waals surface area contributed by atoms with Crippen molar-refractivity contribution in [1.29, 1.82) is 0 Å². The monoisotopic (exact) mass is 457 g/mol. The lowest BCUT2D eigenvalue weighted by atomic mass is 9.83. The summed E-state index contributed by atoms with van der Waals surface area (Å²) in [6, 6.07) is 13.1. The molecule has 2 aliphatic carbocycles. The topological polar surface area (TPSA) is 49.0 Å². The minimum Gasteiger partial charge on any atom is -0.371 e. The van der Waals surface area contributed by atoms with Crippen LogP contribution >= 0.6 is 0 Å². The Labute approximate surface area is 200 Å². The van der Waals surface area contributed by atoms with Gasteiger partial charge in [0.05, 0.1) is 10.9 Å². The van der Waals surface area contributed by atoms with E-state index in [4.69, 9.17) is 0 Å². The average molecular weight is 458 g/mol. The molecule has 1 unspecified atom stereocenters. The number of carbonyl (C=O) groups excluding carboxylic acids is 1. The van der Waals surface area contributed by atoms with Crippen LogP contribution in [0.2, 0.25) is 0 Å². The van der Waals surface area contributed by atoms with E-state index in [1.807, 2.05) is 6.07 Å². The fourth-order valence-electron chi connectivity index (χ4n) is 6.20. The van der Waals surface area contributed by atoms with E-state index in [0.717, 1.165) is 68.5 Å². The molecule has 2 aromatic carbocycles. The highest BCUT2D eigenvalue weighted by atomic mass is 19.1. The molecule has 1 N–H and O–H groups in total. The average Bonchev–Trinajstić information content (AvgIpc) is 3.69. The van der Waals surface area contributed by atoms with Crippen molar-refractivity contribution in [3.8, 4) is 0 Å². The van der Waals surface area contributed by atoms with Crippen LogP contribution in [-0.2, 0) is 11.2 Å². The van der Waals surface area contributed by atoms with E-state index >= 15 is 0 Å². The van der Waals surface area contributed by atoms with Crippen molar-refractivity contribution in [2.24, 2.45) is 17.8 Å². The number of hydrogen-bond donors (Lipinski definition) is 1. The number of hydrogen-bond acceptors (Lipinski definition) is 3. The lowest BCUT2D eigenvalue weighted by Gasteiger charge is -2.31. The van der Waals surface area contributed by atoms with Gasteiger partial charge in [-0.15, -0.1) is 5.10 Å². The Hall–Kier alpha value is -2.95. The Morgan fingerprint density at radius 2 is 1.82 bits per heavy atom. The lowest BCUT2D eigenvalue weighted by Crippen LogP contribution is -2.34. The molecule has 1 aliphatic heterocycles. The number of H-pyrrole nitrogens is 1. The fourth-order valence-corrected chi connectivity index (χ4v) is 6.20. The Balaban J connectivity index is 1.43. The van der Waals surface area contributed by atoms with Crippen LogP contribution in [0.15, 0.2) is 42.0 Å². The zero-order valence-corrected chi connectivity index (χ0v) is 19.8. The smallest absolute Gasteiger partial charge is 0.240 e. The third kappa shape index (κ3) is 3.75. The first kappa shape index (κ1) is 21.6. The number of aromatic amines is 1. The van der Waals surface area contributed by atoms with Crippen molar-refractivity contribution in [2.75, 3.05) is 18.0 Å². The standard InChI is InChI=1S/C29H32FN3O/c1-18(20-5-6-20)23-3-2-4-24-25(11-12-26-28(24)29(30)32-31-26)27(23)21-7-9-22(10-8-21)33-15-13-19(17-34)14-16-33/h7-12,17-20H,2-6,13-16H2,1H3,(H,31,32). The molecule has 176 valence electrons. The Morgan fingerprint density at radius 1 is 1.06 bits per heavy atom. The number of nitrogens with zero attached hydrogens (tertiary/aromatic N) is 2. The van der Waals surface area contributed by atoms with E-state index < -0.39 is 0 Å². The zero-order chi connectivity index (χ0) is 23.2. The van der Waals surface area contributed by atoms with E-state index in [1.54, 1.807) is 0 Å². The van der Waals surface area contributed by atoms with Crippen LogP contribution in [0.4, 0.5) is 10.1 Å². The van der Waals surface area contributed by atoms with Gasteiger partial charge in [0.2, 0.25) is 5.95 Å². The molecule has 2 heterocycles. The number of aromatic nitrogens is 2. The SMILES string of the molecule is CC(C1=C(c2ccc(N3CCC(C=O)CC3)cc2)c2ccc3[nH]nc(F)c3c2CCC1)C1CC1. The predicted molar refractivity (Wildman–Crippen MR) is 134 cm³/mol. The molecule has 1 aromatic heterocycles. The Kier molecular flexibility index (Phi) is 5.51. The van der Waals surface area contributed by atoms with E-state index in [9.17, 15) is 9.18 Å². The number of aldehydes is 1. The van der Waals surface area contributed by atoms with Gasteiger partial charge in [-0.1, -0.05) is 30.7 Å². The number of aryl methyl sites for hydroxylation is 1. The summed E-state index contributed by atoms with van der Waals surface area (Å²) in [4.78, 5) is 13.5. The quantitative estimate of drug-likeness (QED) is 0.457. The number of benzene rings is 2. The first-order valence-electron chi connectivity index (χ1n) is 12.8. The summed E-state index contributed by atoms with van der Waals surface area (Å²) in [7, 11) is 0. The summed E-state index contributed by atoms with van der Waals surface area (Å²) in [5.74, 6) is 1.14. The van der Waals surface area contributed by atoms with Crippen molar-refractivity contribution >= 4 is 28.4 Å². The number of allylic oxidation sites excluding steroid dienone is 1. The number of nitrogens with one attached hydrogen (secondary N) is 1. The summed E-state index contributed by atoms with van der Waals surface area (Å²) in [6.07, 6.45) is 8.57. The largest absolute Gasteiger partial charge is 0.371 e. The van der Waals surface area contributed by atoms with Gasteiger partial charge in [-0.2, -0.15) is 4.39 Å². The third-order valence-corrected chi connectivity index (χ3v) is 8.39. The summed E-state index contributed by atoms with van der Waals surface area (Å²) >= 11 is 0. The van der Waals surface area contributed by atoms with Crippen LogP contribution in [-0.4, -0.2) is 29.6 Å². The molecule has 4 nitrogen and oxygen atoms in total. The molecule has 0 spiro atoms. The molecule has 0 amide bonds. The number of piperidine rings is 1. The molecule has 3 aliphatic rings. The highest BCUT2D eigenvalue weighted by molar-refractivity contribution is 5.93. The molecule has 1 saturated heterocycles. The number of anilines is 1. The van der Waals surface area contributed by atoms with Crippen molar-refractivity contribution in [3.05, 3.63) is 64.6 Å².